The average molecular weight is 405 g/mol. The number of nitrogens with zero attached hydrogens (tertiary/aromatic N) is 1. The highest BCUT2D eigenvalue weighted by Gasteiger charge is 2.23. The Morgan fingerprint density at radius 3 is 2.81 bits per heavy atom. The monoisotopic (exact) mass is 404 g/mol. The van der Waals surface area contributed by atoms with Crippen LogP contribution in [0.1, 0.15) is 15.2 Å². The molecule has 2 aromatic carbocycles. The van der Waals surface area contributed by atoms with Gasteiger partial charge < -0.3 is 10.2 Å². The number of anilines is 2. The summed E-state index contributed by atoms with van der Waals surface area (Å²) in [6.07, 6.45) is 0.729. The summed E-state index contributed by atoms with van der Waals surface area (Å²) in [5.41, 5.74) is 2.66. The zero-order chi connectivity index (χ0) is 19.1. The number of hydrogen-bond acceptors (Lipinski definition) is 3. The number of thiophene rings is 1. The highest BCUT2D eigenvalue weighted by molar-refractivity contribution is 7.17. The molecule has 1 N–H and O–H groups in total. The maximum absolute atomic E-state index is 13.9. The molecule has 138 valence electrons. The number of hydrogen-bond donors (Lipinski definition) is 1. The van der Waals surface area contributed by atoms with E-state index in [2.05, 4.69) is 5.32 Å². The van der Waals surface area contributed by atoms with E-state index in [9.17, 15) is 13.6 Å². The number of halogens is 3. The molecule has 0 atom stereocenters. The fourth-order valence-corrected chi connectivity index (χ4v) is 4.52. The summed E-state index contributed by atoms with van der Waals surface area (Å²) < 4.78 is 27.6. The predicted octanol–water partition coefficient (Wildman–Crippen LogP) is 5.59. The van der Waals surface area contributed by atoms with Gasteiger partial charge in [-0.05, 0) is 48.4 Å². The molecule has 3 aromatic rings. The van der Waals surface area contributed by atoms with Gasteiger partial charge in [0, 0.05) is 29.7 Å². The molecule has 0 spiro atoms. The van der Waals surface area contributed by atoms with E-state index >= 15 is 0 Å². The largest absolute Gasteiger partial charge is 0.374 e. The zero-order valence-corrected chi connectivity index (χ0v) is 15.9. The molecule has 0 unspecified atom stereocenters. The minimum Gasteiger partial charge on any atom is -0.374 e. The SMILES string of the molecule is CN1CCc2cc(C(=O)Nc3c(F)cccc3Cl)sc2-c2ccc(F)cc21. The van der Waals surface area contributed by atoms with Gasteiger partial charge in [0.15, 0.2) is 0 Å². The summed E-state index contributed by atoms with van der Waals surface area (Å²) in [5, 5.41) is 2.70. The van der Waals surface area contributed by atoms with Crippen molar-refractivity contribution in [3.8, 4) is 10.4 Å². The quantitative estimate of drug-likeness (QED) is 0.603. The number of likely N-dealkylation sites (N-methyl/N-ethyl adjacent to an activating group) is 1. The van der Waals surface area contributed by atoms with Gasteiger partial charge in [-0.2, -0.15) is 0 Å². The van der Waals surface area contributed by atoms with E-state index in [1.807, 2.05) is 18.0 Å². The first-order valence-electron chi connectivity index (χ1n) is 8.33. The minimum absolute atomic E-state index is 0.0324. The lowest BCUT2D eigenvalue weighted by atomic mass is 10.1. The normalized spacial score (nSPS) is 13.0. The van der Waals surface area contributed by atoms with E-state index in [0.717, 1.165) is 28.1 Å². The molecule has 0 bridgehead atoms. The molecule has 2 heterocycles. The van der Waals surface area contributed by atoms with Crippen LogP contribution in [0.25, 0.3) is 10.4 Å². The number of carbonyl (C=O) groups excluding carboxylic acids is 1. The van der Waals surface area contributed by atoms with Crippen LogP contribution in [0.15, 0.2) is 42.5 Å². The van der Waals surface area contributed by atoms with E-state index in [1.54, 1.807) is 6.07 Å². The van der Waals surface area contributed by atoms with Crippen molar-refractivity contribution in [3.05, 3.63) is 69.6 Å². The molecule has 0 radical (unpaired) electrons. The number of nitrogens with one attached hydrogen (secondary N) is 1. The van der Waals surface area contributed by atoms with E-state index < -0.39 is 11.7 Å². The Morgan fingerprint density at radius 1 is 1.22 bits per heavy atom. The number of amides is 1. The molecule has 3 nitrogen and oxygen atoms in total. The molecule has 1 aliphatic heterocycles. The number of benzene rings is 2. The van der Waals surface area contributed by atoms with Crippen molar-refractivity contribution >= 4 is 40.2 Å². The standard InChI is InChI=1S/C20H15ClF2N2OS/c1-25-8-7-11-9-17(20(26)24-18-14(21)3-2-4-15(18)23)27-19(11)13-6-5-12(22)10-16(13)25/h2-6,9-10H,7-8H2,1H3,(H,24,26). The van der Waals surface area contributed by atoms with Gasteiger partial charge in [-0.3, -0.25) is 4.79 Å². The number of para-hydroxylation sites is 1. The summed E-state index contributed by atoms with van der Waals surface area (Å²) in [6, 6.07) is 10.7. The third kappa shape index (κ3) is 3.31. The van der Waals surface area contributed by atoms with Crippen LogP contribution >= 0.6 is 22.9 Å². The van der Waals surface area contributed by atoms with Gasteiger partial charge in [0.1, 0.15) is 11.6 Å². The predicted molar refractivity (Wildman–Crippen MR) is 106 cm³/mol. The molecule has 0 saturated carbocycles. The van der Waals surface area contributed by atoms with Gasteiger partial charge >= 0.3 is 0 Å². The topological polar surface area (TPSA) is 32.3 Å². The number of rotatable bonds is 2. The smallest absolute Gasteiger partial charge is 0.265 e. The van der Waals surface area contributed by atoms with E-state index in [0.29, 0.717) is 11.4 Å². The minimum atomic E-state index is -0.587. The van der Waals surface area contributed by atoms with Crippen LogP contribution in [-0.4, -0.2) is 19.5 Å². The first-order chi connectivity index (χ1) is 12.9. The third-order valence-electron chi connectivity index (χ3n) is 4.57. The molecular formula is C20H15ClF2N2OS. The van der Waals surface area contributed by atoms with Gasteiger partial charge in [-0.25, -0.2) is 8.78 Å². The molecule has 1 aliphatic rings. The second-order valence-electron chi connectivity index (χ2n) is 6.35. The van der Waals surface area contributed by atoms with Crippen LogP contribution in [0.5, 0.6) is 0 Å². The Hall–Kier alpha value is -2.44. The van der Waals surface area contributed by atoms with Crippen LogP contribution in [0.4, 0.5) is 20.2 Å². The van der Waals surface area contributed by atoms with Crippen molar-refractivity contribution in [1.29, 1.82) is 0 Å². The maximum Gasteiger partial charge on any atom is 0.265 e. The molecule has 4 rings (SSSR count). The Labute approximate surface area is 164 Å². The first kappa shape index (κ1) is 17.9. The van der Waals surface area contributed by atoms with Gasteiger partial charge in [0.25, 0.3) is 5.91 Å². The number of fused-ring (bicyclic) bond motifs is 3. The summed E-state index contributed by atoms with van der Waals surface area (Å²) in [5.74, 6) is -1.30. The Balaban J connectivity index is 1.71. The lowest BCUT2D eigenvalue weighted by molar-refractivity contribution is 0.103. The lowest BCUT2D eigenvalue weighted by Crippen LogP contribution is -2.19. The zero-order valence-electron chi connectivity index (χ0n) is 14.4. The van der Waals surface area contributed by atoms with Crippen molar-refractivity contribution in [3.63, 3.8) is 0 Å². The molecule has 0 saturated heterocycles. The molecule has 0 fully saturated rings. The third-order valence-corrected chi connectivity index (χ3v) is 6.09. The van der Waals surface area contributed by atoms with Gasteiger partial charge in [-0.1, -0.05) is 17.7 Å². The fourth-order valence-electron chi connectivity index (χ4n) is 3.17. The maximum atomic E-state index is 13.9. The van der Waals surface area contributed by atoms with Crippen LogP contribution in [0.3, 0.4) is 0 Å². The fraction of sp³-hybridized carbons (Fsp3) is 0.150. The first-order valence-corrected chi connectivity index (χ1v) is 9.52. The van der Waals surface area contributed by atoms with E-state index in [4.69, 9.17) is 11.6 Å². The molecule has 1 aromatic heterocycles. The second-order valence-corrected chi connectivity index (χ2v) is 7.81. The molecule has 27 heavy (non-hydrogen) atoms. The van der Waals surface area contributed by atoms with Gasteiger partial charge in [0.2, 0.25) is 0 Å². The number of carbonyl (C=O) groups is 1. The van der Waals surface area contributed by atoms with Crippen molar-refractivity contribution in [2.75, 3.05) is 23.8 Å². The molecule has 7 heteroatoms. The highest BCUT2D eigenvalue weighted by Crippen LogP contribution is 2.41. The summed E-state index contributed by atoms with van der Waals surface area (Å²) in [7, 11) is 1.92. The van der Waals surface area contributed by atoms with E-state index in [-0.39, 0.29) is 16.5 Å². The lowest BCUT2D eigenvalue weighted by Gasteiger charge is -2.19. The van der Waals surface area contributed by atoms with Crippen LogP contribution < -0.4 is 10.2 Å². The Morgan fingerprint density at radius 2 is 2.04 bits per heavy atom. The highest BCUT2D eigenvalue weighted by atomic mass is 35.5. The Bertz CT molecular complexity index is 1030. The summed E-state index contributed by atoms with van der Waals surface area (Å²) >= 11 is 7.30. The summed E-state index contributed by atoms with van der Waals surface area (Å²) in [6.45, 7) is 0.709. The van der Waals surface area contributed by atoms with Crippen LogP contribution in [0, 0.1) is 11.6 Å². The van der Waals surface area contributed by atoms with Gasteiger partial charge in [-0.15, -0.1) is 11.3 Å². The molecule has 1 amide bonds. The van der Waals surface area contributed by atoms with Crippen LogP contribution in [-0.2, 0) is 6.42 Å². The van der Waals surface area contributed by atoms with Crippen molar-refractivity contribution < 1.29 is 13.6 Å². The van der Waals surface area contributed by atoms with Crippen molar-refractivity contribution in [2.24, 2.45) is 0 Å². The molecular weight excluding hydrogens is 390 g/mol. The van der Waals surface area contributed by atoms with Crippen LogP contribution in [0.2, 0.25) is 5.02 Å². The average Bonchev–Trinajstić information content (AvgIpc) is 3.02. The summed E-state index contributed by atoms with van der Waals surface area (Å²) in [4.78, 5) is 16.0. The van der Waals surface area contributed by atoms with E-state index in [1.165, 1.54) is 41.7 Å². The van der Waals surface area contributed by atoms with Crippen molar-refractivity contribution in [1.82, 2.24) is 0 Å². The Kier molecular flexibility index (Phi) is 4.61. The van der Waals surface area contributed by atoms with Crippen molar-refractivity contribution in [2.45, 2.75) is 6.42 Å². The van der Waals surface area contributed by atoms with Gasteiger partial charge in [0.05, 0.1) is 15.6 Å². The molecule has 0 aliphatic carbocycles. The second kappa shape index (κ2) is 6.94.